The first-order chi connectivity index (χ1) is 14.2. The van der Waals surface area contributed by atoms with Gasteiger partial charge in [0.15, 0.2) is 5.75 Å². The Morgan fingerprint density at radius 2 is 1.74 bits per heavy atom. The summed E-state index contributed by atoms with van der Waals surface area (Å²) in [7, 11) is 3.29. The minimum atomic E-state index is -0.454. The predicted molar refractivity (Wildman–Crippen MR) is 126 cm³/mol. The van der Waals surface area contributed by atoms with Gasteiger partial charge in [-0.1, -0.05) is 29.3 Å². The molecule has 11 heteroatoms. The van der Waals surface area contributed by atoms with Crippen LogP contribution in [0, 0.1) is 0 Å². The van der Waals surface area contributed by atoms with E-state index >= 15 is 0 Å². The van der Waals surface area contributed by atoms with E-state index in [9.17, 15) is 14.7 Å². The molecule has 0 aliphatic rings. The van der Waals surface area contributed by atoms with Gasteiger partial charge < -0.3 is 11.4 Å². The first-order valence-electron chi connectivity index (χ1n) is 8.65. The van der Waals surface area contributed by atoms with E-state index in [2.05, 4.69) is 5.10 Å². The number of nitrogens with zero attached hydrogens (tertiary/aromatic N) is 3. The molecule has 0 saturated heterocycles. The molecule has 0 unspecified atom stereocenters. The third kappa shape index (κ3) is 5.79. The molecule has 2 aromatic heterocycles. The topological polar surface area (TPSA) is 73.2 Å². The second-order valence-electron chi connectivity index (χ2n) is 6.28. The fraction of sp³-hybridized carbons (Fsp3) is 0.150. The van der Waals surface area contributed by atoms with Crippen molar-refractivity contribution in [1.82, 2.24) is 4.90 Å². The zero-order chi connectivity index (χ0) is 22.0. The second kappa shape index (κ2) is 11.4. The summed E-state index contributed by atoms with van der Waals surface area (Å²) < 4.78 is 0. The maximum absolute atomic E-state index is 13.1. The van der Waals surface area contributed by atoms with E-state index in [4.69, 9.17) is 23.2 Å². The van der Waals surface area contributed by atoms with Gasteiger partial charge in [-0.05, 0) is 36.8 Å². The maximum Gasteiger partial charge on any atom is 1.00 e. The minimum absolute atomic E-state index is 0. The van der Waals surface area contributed by atoms with Gasteiger partial charge in [-0.3, -0.25) is 9.59 Å². The average Bonchev–Trinajstić information content (AvgIpc) is 3.34. The average molecular weight is 523 g/mol. The minimum Gasteiger partial charge on any atom is -1.00 e. The molecule has 0 spiro atoms. The van der Waals surface area contributed by atoms with Gasteiger partial charge >= 0.3 is 51.4 Å². The zero-order valence-corrected chi connectivity index (χ0v) is 23.5. The van der Waals surface area contributed by atoms with Crippen molar-refractivity contribution in [3.63, 3.8) is 0 Å². The number of anilines is 1. The van der Waals surface area contributed by atoms with Crippen molar-refractivity contribution in [2.45, 2.75) is 6.92 Å². The van der Waals surface area contributed by atoms with Crippen LogP contribution in [0.4, 0.5) is 5.69 Å². The van der Waals surface area contributed by atoms with Crippen molar-refractivity contribution >= 4 is 69.6 Å². The molecule has 0 radical (unpaired) electrons. The Hall–Kier alpha value is -0.754. The second-order valence-corrected chi connectivity index (χ2v) is 9.06. The molecule has 0 bridgehead atoms. The van der Waals surface area contributed by atoms with Gasteiger partial charge in [-0.25, -0.2) is 0 Å². The van der Waals surface area contributed by atoms with Crippen molar-refractivity contribution in [3.8, 4) is 16.2 Å². The molecule has 0 aliphatic carbocycles. The summed E-state index contributed by atoms with van der Waals surface area (Å²) in [6.07, 6.45) is 1.45. The molecular formula is C20H18Cl2KN3O3S2. The number of carbonyl (C=O) groups is 2. The molecule has 0 saturated carbocycles. The molecule has 2 heterocycles. The number of carbonyl (C=O) groups excluding carboxylic acids is 2. The smallest absolute Gasteiger partial charge is 1.00 e. The Bertz CT molecular complexity index is 1150. The molecular weight excluding hydrogens is 504 g/mol. The van der Waals surface area contributed by atoms with E-state index < -0.39 is 5.91 Å². The summed E-state index contributed by atoms with van der Waals surface area (Å²) in [5, 5.41) is 18.5. The fourth-order valence-electron chi connectivity index (χ4n) is 2.57. The Kier molecular flexibility index (Phi) is 9.74. The summed E-state index contributed by atoms with van der Waals surface area (Å²) in [4.78, 5) is 28.0. The van der Waals surface area contributed by atoms with E-state index in [1.807, 2.05) is 0 Å². The number of aromatic hydroxyl groups is 1. The van der Waals surface area contributed by atoms with E-state index in [0.29, 0.717) is 30.2 Å². The molecule has 3 rings (SSSR count). The Balaban J connectivity index is 0.00000256. The largest absolute Gasteiger partial charge is 1.00 e. The molecule has 31 heavy (non-hydrogen) atoms. The first-order valence-corrected chi connectivity index (χ1v) is 11.1. The molecule has 3 aromatic rings. The maximum atomic E-state index is 13.1. The van der Waals surface area contributed by atoms with Gasteiger partial charge in [0.25, 0.3) is 11.8 Å². The van der Waals surface area contributed by atoms with E-state index in [0.717, 1.165) is 16.3 Å². The summed E-state index contributed by atoms with van der Waals surface area (Å²) >= 11 is 14.4. The molecule has 0 aliphatic heterocycles. The molecule has 1 N–H and O–H groups in total. The molecule has 0 atom stereocenters. The summed E-state index contributed by atoms with van der Waals surface area (Å²) in [6.45, 7) is 1.67. The Labute approximate surface area is 242 Å². The molecule has 158 valence electrons. The van der Waals surface area contributed by atoms with Gasteiger partial charge in [-0.2, -0.15) is 10.1 Å². The third-order valence-electron chi connectivity index (χ3n) is 4.01. The van der Waals surface area contributed by atoms with E-state index in [1.165, 1.54) is 22.5 Å². The fourth-order valence-corrected chi connectivity index (χ4v) is 4.74. The normalized spacial score (nSPS) is 10.7. The summed E-state index contributed by atoms with van der Waals surface area (Å²) in [6, 6.07) is 8.19. The van der Waals surface area contributed by atoms with Crippen LogP contribution in [0.2, 0.25) is 10.0 Å². The number of hydrogen-bond donors (Lipinski definition) is 1. The number of halogens is 2. The first kappa shape index (κ1) is 26.5. The van der Waals surface area contributed by atoms with Gasteiger partial charge in [0.05, 0.1) is 24.7 Å². The number of amides is 2. The quantitative estimate of drug-likeness (QED) is 0.318. The van der Waals surface area contributed by atoms with Gasteiger partial charge in [0, 0.05) is 25.7 Å². The number of thiophene rings is 2. The van der Waals surface area contributed by atoms with E-state index in [-0.39, 0.29) is 70.2 Å². The van der Waals surface area contributed by atoms with Crippen molar-refractivity contribution in [2.24, 2.45) is 5.10 Å². The number of hydrogen-bond acceptors (Lipinski definition) is 6. The number of hydrazone groups is 1. The SMILES string of the molecule is CC=NN(C(=O)c1ccc(C(=O)N(C)C)s1)c1csc(-c2ccc(Cl)c(Cl)c2)c1O.[H-].[K+]. The number of rotatable bonds is 5. The van der Waals surface area contributed by atoms with Crippen molar-refractivity contribution < 1.29 is 67.5 Å². The zero-order valence-electron chi connectivity index (χ0n) is 18.2. The molecule has 2 amide bonds. The van der Waals surface area contributed by atoms with Crippen LogP contribution in [0.3, 0.4) is 0 Å². The van der Waals surface area contributed by atoms with Crippen molar-refractivity contribution in [2.75, 3.05) is 19.1 Å². The van der Waals surface area contributed by atoms with Crippen LogP contribution < -0.4 is 56.4 Å². The van der Waals surface area contributed by atoms with Crippen LogP contribution in [0.25, 0.3) is 10.4 Å². The molecule has 0 fully saturated rings. The predicted octanol–water partition coefficient (Wildman–Crippen LogP) is 2.96. The van der Waals surface area contributed by atoms with Crippen molar-refractivity contribution in [1.29, 1.82) is 0 Å². The monoisotopic (exact) mass is 521 g/mol. The standard InChI is InChI=1S/C20H17Cl2N3O3S2.K.H/c1-4-23-25(20(28)16-8-7-15(30-16)19(27)24(2)3)14-10-29-18(17(14)26)11-5-6-12(21)13(22)9-11;;/h4-10,26H,1-3H3;;/q;+1;-1. The van der Waals surface area contributed by atoms with Gasteiger partial charge in [-0.15, -0.1) is 22.7 Å². The van der Waals surface area contributed by atoms with Crippen LogP contribution in [-0.4, -0.2) is 42.1 Å². The number of benzene rings is 1. The third-order valence-corrected chi connectivity index (χ3v) is 6.82. The van der Waals surface area contributed by atoms with Gasteiger partial charge in [0.1, 0.15) is 5.69 Å². The summed E-state index contributed by atoms with van der Waals surface area (Å²) in [5.74, 6) is -0.743. The molecule has 6 nitrogen and oxygen atoms in total. The summed E-state index contributed by atoms with van der Waals surface area (Å²) in [5.41, 5.74) is 0.902. The van der Waals surface area contributed by atoms with Crippen LogP contribution in [0.5, 0.6) is 5.75 Å². The molecule has 1 aromatic carbocycles. The van der Waals surface area contributed by atoms with Crippen LogP contribution in [0.1, 0.15) is 27.7 Å². The van der Waals surface area contributed by atoms with Crippen LogP contribution in [0.15, 0.2) is 40.8 Å². The van der Waals surface area contributed by atoms with Crippen LogP contribution >= 0.6 is 45.9 Å². The van der Waals surface area contributed by atoms with E-state index in [1.54, 1.807) is 56.7 Å². The Morgan fingerprint density at radius 3 is 2.32 bits per heavy atom. The van der Waals surface area contributed by atoms with Crippen molar-refractivity contribution in [3.05, 3.63) is 55.5 Å². The van der Waals surface area contributed by atoms with Crippen LogP contribution in [-0.2, 0) is 0 Å². The Morgan fingerprint density at radius 1 is 1.10 bits per heavy atom. The van der Waals surface area contributed by atoms with Gasteiger partial charge in [0.2, 0.25) is 0 Å².